The van der Waals surface area contributed by atoms with Gasteiger partial charge in [-0.2, -0.15) is 0 Å². The van der Waals surface area contributed by atoms with Gasteiger partial charge in [0.05, 0.1) is 5.02 Å². The molecule has 1 unspecified atom stereocenters. The van der Waals surface area contributed by atoms with Crippen LogP contribution < -0.4 is 5.32 Å². The van der Waals surface area contributed by atoms with Crippen LogP contribution in [0.15, 0.2) is 18.5 Å². The minimum atomic E-state index is 0.266. The van der Waals surface area contributed by atoms with Gasteiger partial charge in [-0.15, -0.1) is 0 Å². The van der Waals surface area contributed by atoms with Gasteiger partial charge in [0.1, 0.15) is 0 Å². The minimum absolute atomic E-state index is 0.266. The van der Waals surface area contributed by atoms with Crippen LogP contribution in [0, 0.1) is 5.41 Å². The third-order valence-electron chi connectivity index (χ3n) is 3.59. The van der Waals surface area contributed by atoms with Crippen molar-refractivity contribution in [3.8, 4) is 0 Å². The summed E-state index contributed by atoms with van der Waals surface area (Å²) in [7, 11) is 0. The zero-order chi connectivity index (χ0) is 12.9. The number of nitrogens with zero attached hydrogens (tertiary/aromatic N) is 1. The number of nitrogens with one attached hydrogen (secondary N) is 1. The maximum absolute atomic E-state index is 6.17. The lowest BCUT2D eigenvalue weighted by atomic mass is 9.79. The third kappa shape index (κ3) is 3.97. The molecule has 0 fully saturated rings. The van der Waals surface area contributed by atoms with Crippen LogP contribution in [0.3, 0.4) is 0 Å². The van der Waals surface area contributed by atoms with Crippen molar-refractivity contribution in [1.29, 1.82) is 0 Å². The molecule has 1 heterocycles. The lowest BCUT2D eigenvalue weighted by molar-refractivity contribution is 0.233. The van der Waals surface area contributed by atoms with Crippen molar-refractivity contribution in [3.63, 3.8) is 0 Å². The summed E-state index contributed by atoms with van der Waals surface area (Å²) in [5.74, 6) is 0. The van der Waals surface area contributed by atoms with Crippen molar-refractivity contribution >= 4 is 11.6 Å². The van der Waals surface area contributed by atoms with E-state index in [1.165, 1.54) is 5.56 Å². The summed E-state index contributed by atoms with van der Waals surface area (Å²) < 4.78 is 0. The topological polar surface area (TPSA) is 24.9 Å². The van der Waals surface area contributed by atoms with Crippen molar-refractivity contribution in [2.24, 2.45) is 5.41 Å². The molecule has 0 aromatic carbocycles. The van der Waals surface area contributed by atoms with Crippen LogP contribution in [0.25, 0.3) is 0 Å². The Bertz CT molecular complexity index is 350. The second-order valence-corrected chi connectivity index (χ2v) is 5.53. The van der Waals surface area contributed by atoms with Gasteiger partial charge in [-0.05, 0) is 36.4 Å². The van der Waals surface area contributed by atoms with Gasteiger partial charge >= 0.3 is 0 Å². The maximum atomic E-state index is 6.17. The molecule has 3 heteroatoms. The first kappa shape index (κ1) is 14.5. The highest BCUT2D eigenvalue weighted by Crippen LogP contribution is 2.28. The molecule has 1 rings (SSSR count). The molecule has 0 spiro atoms. The summed E-state index contributed by atoms with van der Waals surface area (Å²) >= 11 is 6.17. The number of pyridine rings is 1. The van der Waals surface area contributed by atoms with E-state index in [1.807, 2.05) is 12.3 Å². The van der Waals surface area contributed by atoms with E-state index in [1.54, 1.807) is 6.20 Å². The SMILES string of the molecule is CCNC(Cc1ccncc1Cl)C(C)(C)CC. The highest BCUT2D eigenvalue weighted by atomic mass is 35.5. The Morgan fingerprint density at radius 3 is 2.65 bits per heavy atom. The van der Waals surface area contributed by atoms with Crippen molar-refractivity contribution in [2.75, 3.05) is 6.54 Å². The Labute approximate surface area is 110 Å². The quantitative estimate of drug-likeness (QED) is 0.838. The zero-order valence-electron chi connectivity index (χ0n) is 11.3. The standard InChI is InChI=1S/C14H23ClN2/c1-5-14(3,4)13(17-6-2)9-11-7-8-16-10-12(11)15/h7-8,10,13,17H,5-6,9H2,1-4H3. The van der Waals surface area contributed by atoms with Crippen LogP contribution >= 0.6 is 11.6 Å². The molecule has 1 aromatic rings. The van der Waals surface area contributed by atoms with Crippen molar-refractivity contribution < 1.29 is 0 Å². The molecular formula is C14H23ClN2. The van der Waals surface area contributed by atoms with E-state index < -0.39 is 0 Å². The molecule has 0 saturated heterocycles. The molecule has 0 aliphatic heterocycles. The molecule has 96 valence electrons. The predicted molar refractivity (Wildman–Crippen MR) is 74.5 cm³/mol. The molecule has 1 atom stereocenters. The predicted octanol–water partition coefficient (Wildman–Crippen LogP) is 3.69. The summed E-state index contributed by atoms with van der Waals surface area (Å²) in [5, 5.41) is 4.34. The van der Waals surface area contributed by atoms with Gasteiger partial charge in [-0.25, -0.2) is 0 Å². The van der Waals surface area contributed by atoms with Gasteiger partial charge in [0.25, 0.3) is 0 Å². The lowest BCUT2D eigenvalue weighted by Crippen LogP contribution is -2.43. The smallest absolute Gasteiger partial charge is 0.0621 e. The minimum Gasteiger partial charge on any atom is -0.313 e. The molecule has 0 radical (unpaired) electrons. The number of aromatic nitrogens is 1. The van der Waals surface area contributed by atoms with E-state index in [-0.39, 0.29) is 5.41 Å². The maximum Gasteiger partial charge on any atom is 0.0621 e. The normalized spacial score (nSPS) is 13.7. The van der Waals surface area contributed by atoms with Crippen LogP contribution in [-0.2, 0) is 6.42 Å². The molecule has 0 saturated carbocycles. The van der Waals surface area contributed by atoms with Crippen LogP contribution in [0.5, 0.6) is 0 Å². The molecular weight excluding hydrogens is 232 g/mol. The van der Waals surface area contributed by atoms with E-state index >= 15 is 0 Å². The highest BCUT2D eigenvalue weighted by molar-refractivity contribution is 6.31. The largest absolute Gasteiger partial charge is 0.313 e. The first-order valence-electron chi connectivity index (χ1n) is 6.33. The van der Waals surface area contributed by atoms with E-state index in [0.29, 0.717) is 6.04 Å². The number of rotatable bonds is 6. The molecule has 0 amide bonds. The Balaban J connectivity index is 2.84. The number of hydrogen-bond acceptors (Lipinski definition) is 2. The Kier molecular flexibility index (Phi) is 5.41. The van der Waals surface area contributed by atoms with Gasteiger partial charge in [0.15, 0.2) is 0 Å². The van der Waals surface area contributed by atoms with Crippen molar-refractivity contribution in [1.82, 2.24) is 10.3 Å². The molecule has 2 nitrogen and oxygen atoms in total. The Morgan fingerprint density at radius 1 is 1.41 bits per heavy atom. The van der Waals surface area contributed by atoms with Gasteiger partial charge in [0.2, 0.25) is 0 Å². The molecule has 0 aliphatic carbocycles. The fourth-order valence-electron chi connectivity index (χ4n) is 1.91. The number of halogens is 1. The lowest BCUT2D eigenvalue weighted by Gasteiger charge is -2.34. The fourth-order valence-corrected chi connectivity index (χ4v) is 2.10. The molecule has 0 aliphatic rings. The summed E-state index contributed by atoms with van der Waals surface area (Å²) in [5.41, 5.74) is 1.44. The van der Waals surface area contributed by atoms with Gasteiger partial charge in [-0.1, -0.05) is 39.3 Å². The summed E-state index contributed by atoms with van der Waals surface area (Å²) in [4.78, 5) is 4.03. The van der Waals surface area contributed by atoms with Crippen molar-refractivity contribution in [3.05, 3.63) is 29.0 Å². The molecule has 17 heavy (non-hydrogen) atoms. The first-order chi connectivity index (χ1) is 8.01. The number of likely N-dealkylation sites (N-methyl/N-ethyl adjacent to an activating group) is 1. The van der Waals surface area contributed by atoms with E-state index in [2.05, 4.69) is 38.0 Å². The van der Waals surface area contributed by atoms with E-state index in [4.69, 9.17) is 11.6 Å². The monoisotopic (exact) mass is 254 g/mol. The van der Waals surface area contributed by atoms with E-state index in [9.17, 15) is 0 Å². The van der Waals surface area contributed by atoms with Crippen LogP contribution in [-0.4, -0.2) is 17.6 Å². The van der Waals surface area contributed by atoms with Crippen LogP contribution in [0.4, 0.5) is 0 Å². The molecule has 1 N–H and O–H groups in total. The average molecular weight is 255 g/mol. The Hall–Kier alpha value is -0.600. The van der Waals surface area contributed by atoms with Gasteiger partial charge < -0.3 is 5.32 Å². The second-order valence-electron chi connectivity index (χ2n) is 5.12. The summed E-state index contributed by atoms with van der Waals surface area (Å²) in [6.45, 7) is 9.97. The van der Waals surface area contributed by atoms with Crippen LogP contribution in [0.1, 0.15) is 39.7 Å². The fraction of sp³-hybridized carbons (Fsp3) is 0.643. The van der Waals surface area contributed by atoms with Crippen molar-refractivity contribution in [2.45, 2.75) is 46.6 Å². The first-order valence-corrected chi connectivity index (χ1v) is 6.70. The summed E-state index contributed by atoms with van der Waals surface area (Å²) in [6, 6.07) is 2.45. The zero-order valence-corrected chi connectivity index (χ0v) is 12.0. The summed E-state index contributed by atoms with van der Waals surface area (Å²) in [6.07, 6.45) is 5.63. The van der Waals surface area contributed by atoms with Crippen LogP contribution in [0.2, 0.25) is 5.02 Å². The highest BCUT2D eigenvalue weighted by Gasteiger charge is 2.27. The molecule has 1 aromatic heterocycles. The molecule has 0 bridgehead atoms. The second kappa shape index (κ2) is 6.36. The van der Waals surface area contributed by atoms with E-state index in [0.717, 1.165) is 24.4 Å². The van der Waals surface area contributed by atoms with Gasteiger partial charge in [0, 0.05) is 18.4 Å². The van der Waals surface area contributed by atoms with Gasteiger partial charge in [-0.3, -0.25) is 4.98 Å². The Morgan fingerprint density at radius 2 is 2.12 bits per heavy atom. The average Bonchev–Trinajstić information content (AvgIpc) is 2.31. The number of hydrogen-bond donors (Lipinski definition) is 1. The third-order valence-corrected chi connectivity index (χ3v) is 3.93.